The normalized spacial score (nSPS) is 14.3. The van der Waals surface area contributed by atoms with Gasteiger partial charge in [0.1, 0.15) is 11.7 Å². The minimum atomic E-state index is -0.962. The number of allylic oxidation sites excluding steroid dienone is 1. The van der Waals surface area contributed by atoms with E-state index >= 15 is 0 Å². The van der Waals surface area contributed by atoms with Crippen LogP contribution in [-0.4, -0.2) is 30.7 Å². The molecule has 0 aliphatic carbocycles. The van der Waals surface area contributed by atoms with Crippen molar-refractivity contribution in [2.24, 2.45) is 0 Å². The van der Waals surface area contributed by atoms with Gasteiger partial charge in [-0.3, -0.25) is 9.59 Å². The average Bonchev–Trinajstić information content (AvgIpc) is 2.73. The molecule has 0 saturated heterocycles. The van der Waals surface area contributed by atoms with Crippen LogP contribution in [0.3, 0.4) is 0 Å². The first-order valence-corrected chi connectivity index (χ1v) is 10.0. The number of rotatable bonds is 9. The highest BCUT2D eigenvalue weighted by molar-refractivity contribution is 8.00. The highest BCUT2D eigenvalue weighted by atomic mass is 32.2. The van der Waals surface area contributed by atoms with Crippen molar-refractivity contribution in [2.45, 2.75) is 30.3 Å². The second-order valence-electron chi connectivity index (χ2n) is 6.47. The lowest BCUT2D eigenvalue weighted by Gasteiger charge is -2.28. The molecule has 0 amide bonds. The van der Waals surface area contributed by atoms with E-state index in [9.17, 15) is 9.59 Å². The van der Waals surface area contributed by atoms with Crippen LogP contribution in [0, 0.1) is 0 Å². The average molecular weight is 399 g/mol. The fourth-order valence-corrected chi connectivity index (χ4v) is 4.07. The molecular formula is C23H26O4S. The Morgan fingerprint density at radius 3 is 2.25 bits per heavy atom. The van der Waals surface area contributed by atoms with Crippen molar-refractivity contribution >= 4 is 23.5 Å². The number of esters is 1. The Labute approximate surface area is 170 Å². The molecule has 0 fully saturated rings. The SMILES string of the molecule is C/C=C/[C@](C)(SCc1ccc(OC)cc1)C(=O)C(C(=O)OC)c1ccccc1. The van der Waals surface area contributed by atoms with Gasteiger partial charge in [0, 0.05) is 5.75 Å². The maximum atomic E-state index is 13.5. The van der Waals surface area contributed by atoms with E-state index in [1.54, 1.807) is 19.2 Å². The summed E-state index contributed by atoms with van der Waals surface area (Å²) >= 11 is 1.49. The Balaban J connectivity index is 2.29. The third-order valence-corrected chi connectivity index (χ3v) is 5.92. The minimum absolute atomic E-state index is 0.192. The lowest BCUT2D eigenvalue weighted by Crippen LogP contribution is -2.38. The largest absolute Gasteiger partial charge is 0.497 e. The van der Waals surface area contributed by atoms with Gasteiger partial charge >= 0.3 is 5.97 Å². The van der Waals surface area contributed by atoms with Gasteiger partial charge in [0.15, 0.2) is 5.78 Å². The van der Waals surface area contributed by atoms with Gasteiger partial charge in [0.2, 0.25) is 0 Å². The molecule has 0 heterocycles. The van der Waals surface area contributed by atoms with E-state index in [1.807, 2.05) is 68.5 Å². The summed E-state index contributed by atoms with van der Waals surface area (Å²) in [5, 5.41) is 0. The molecule has 0 aliphatic heterocycles. The number of ether oxygens (including phenoxy) is 2. The van der Waals surface area contributed by atoms with Crippen LogP contribution in [0.4, 0.5) is 0 Å². The fourth-order valence-electron chi connectivity index (χ4n) is 2.92. The molecule has 0 radical (unpaired) electrons. The first kappa shape index (κ1) is 21.8. The van der Waals surface area contributed by atoms with E-state index in [-0.39, 0.29) is 5.78 Å². The smallest absolute Gasteiger partial charge is 0.320 e. The van der Waals surface area contributed by atoms with Crippen molar-refractivity contribution in [2.75, 3.05) is 14.2 Å². The van der Waals surface area contributed by atoms with Crippen molar-refractivity contribution in [1.29, 1.82) is 0 Å². The van der Waals surface area contributed by atoms with Gasteiger partial charge in [0.05, 0.1) is 19.0 Å². The van der Waals surface area contributed by atoms with E-state index in [4.69, 9.17) is 9.47 Å². The predicted molar refractivity (Wildman–Crippen MR) is 114 cm³/mol. The third kappa shape index (κ3) is 5.26. The molecule has 0 spiro atoms. The monoisotopic (exact) mass is 398 g/mol. The van der Waals surface area contributed by atoms with Gasteiger partial charge in [-0.25, -0.2) is 0 Å². The summed E-state index contributed by atoms with van der Waals surface area (Å²) in [4.78, 5) is 25.9. The number of hydrogen-bond donors (Lipinski definition) is 0. The number of ketones is 1. The first-order chi connectivity index (χ1) is 13.4. The van der Waals surface area contributed by atoms with Crippen LogP contribution in [0.1, 0.15) is 30.9 Å². The summed E-state index contributed by atoms with van der Waals surface area (Å²) in [7, 11) is 2.94. The van der Waals surface area contributed by atoms with E-state index in [2.05, 4.69) is 0 Å². The van der Waals surface area contributed by atoms with Crippen molar-refractivity contribution in [3.8, 4) is 5.75 Å². The maximum absolute atomic E-state index is 13.5. The zero-order valence-corrected chi connectivity index (χ0v) is 17.5. The Hall–Kier alpha value is -2.53. The Morgan fingerprint density at radius 1 is 1.07 bits per heavy atom. The number of hydrogen-bond acceptors (Lipinski definition) is 5. The summed E-state index contributed by atoms with van der Waals surface area (Å²) in [6, 6.07) is 16.8. The second-order valence-corrected chi connectivity index (χ2v) is 7.90. The van der Waals surface area contributed by atoms with Crippen LogP contribution >= 0.6 is 11.8 Å². The van der Waals surface area contributed by atoms with Crippen LogP contribution in [0.2, 0.25) is 0 Å². The van der Waals surface area contributed by atoms with E-state index < -0.39 is 16.6 Å². The van der Waals surface area contributed by atoms with E-state index in [1.165, 1.54) is 18.9 Å². The first-order valence-electron chi connectivity index (χ1n) is 9.03. The minimum Gasteiger partial charge on any atom is -0.497 e. The molecule has 0 saturated carbocycles. The topological polar surface area (TPSA) is 52.6 Å². The molecule has 28 heavy (non-hydrogen) atoms. The van der Waals surface area contributed by atoms with Gasteiger partial charge in [-0.2, -0.15) is 0 Å². The lowest BCUT2D eigenvalue weighted by molar-refractivity contribution is -0.146. The van der Waals surface area contributed by atoms with Crippen LogP contribution < -0.4 is 4.74 Å². The van der Waals surface area contributed by atoms with Crippen LogP contribution in [0.15, 0.2) is 66.7 Å². The standard InChI is InChI=1S/C23H26O4S/c1-5-15-23(2,28-16-17-11-13-19(26-3)14-12-17)21(24)20(22(25)27-4)18-9-7-6-8-10-18/h5-15,20H,16H2,1-4H3/b15-5+/t20?,23-/m0/s1. The quantitative estimate of drug-likeness (QED) is 0.345. The Bertz CT molecular complexity index is 814. The number of thioether (sulfide) groups is 1. The van der Waals surface area contributed by atoms with Crippen molar-refractivity contribution in [1.82, 2.24) is 0 Å². The van der Waals surface area contributed by atoms with E-state index in [0.29, 0.717) is 11.3 Å². The number of Topliss-reactive ketones (excluding diaryl/α,β-unsaturated/α-hetero) is 1. The van der Waals surface area contributed by atoms with Crippen LogP contribution in [0.25, 0.3) is 0 Å². The fraction of sp³-hybridized carbons (Fsp3) is 0.304. The molecule has 5 heteroatoms. The highest BCUT2D eigenvalue weighted by Gasteiger charge is 2.41. The molecular weight excluding hydrogens is 372 g/mol. The molecule has 2 atom stereocenters. The van der Waals surface area contributed by atoms with Gasteiger partial charge in [-0.1, -0.05) is 54.6 Å². The molecule has 0 N–H and O–H groups in total. The molecule has 148 valence electrons. The number of methoxy groups -OCH3 is 2. The lowest BCUT2D eigenvalue weighted by atomic mass is 9.87. The Kier molecular flexibility index (Phi) is 7.88. The summed E-state index contributed by atoms with van der Waals surface area (Å²) in [6.45, 7) is 3.72. The van der Waals surface area contributed by atoms with Gasteiger partial charge in [0.25, 0.3) is 0 Å². The number of benzene rings is 2. The molecule has 2 rings (SSSR count). The zero-order valence-electron chi connectivity index (χ0n) is 16.7. The second kappa shape index (κ2) is 10.1. The molecule has 0 bridgehead atoms. The molecule has 2 aromatic carbocycles. The van der Waals surface area contributed by atoms with Crippen molar-refractivity contribution in [3.05, 3.63) is 77.9 Å². The highest BCUT2D eigenvalue weighted by Crippen LogP contribution is 2.37. The maximum Gasteiger partial charge on any atom is 0.320 e. The van der Waals surface area contributed by atoms with Gasteiger partial charge < -0.3 is 9.47 Å². The van der Waals surface area contributed by atoms with Crippen LogP contribution in [-0.2, 0) is 20.1 Å². The third-order valence-electron chi connectivity index (χ3n) is 4.50. The van der Waals surface area contributed by atoms with Gasteiger partial charge in [-0.05, 0) is 37.1 Å². The molecule has 4 nitrogen and oxygen atoms in total. The van der Waals surface area contributed by atoms with Crippen LogP contribution in [0.5, 0.6) is 5.75 Å². The number of carbonyl (C=O) groups is 2. The summed E-state index contributed by atoms with van der Waals surface area (Å²) in [5.41, 5.74) is 1.71. The van der Waals surface area contributed by atoms with E-state index in [0.717, 1.165) is 11.3 Å². The molecule has 0 aliphatic rings. The van der Waals surface area contributed by atoms with Crippen molar-refractivity contribution in [3.63, 3.8) is 0 Å². The van der Waals surface area contributed by atoms with Gasteiger partial charge in [-0.15, -0.1) is 11.8 Å². The summed E-state index contributed by atoms with van der Waals surface area (Å²) in [5.74, 6) is -0.287. The summed E-state index contributed by atoms with van der Waals surface area (Å²) in [6.07, 6.45) is 3.70. The van der Waals surface area contributed by atoms with Crippen molar-refractivity contribution < 1.29 is 19.1 Å². The summed E-state index contributed by atoms with van der Waals surface area (Å²) < 4.78 is 9.26. The molecule has 1 unspecified atom stereocenters. The Morgan fingerprint density at radius 2 is 1.71 bits per heavy atom. The number of carbonyl (C=O) groups excluding carboxylic acids is 2. The molecule has 2 aromatic rings. The molecule has 0 aromatic heterocycles. The predicted octanol–water partition coefficient (Wildman–Crippen LogP) is 4.79. The zero-order chi connectivity index (χ0) is 20.6.